The van der Waals surface area contributed by atoms with Gasteiger partial charge in [0.1, 0.15) is 5.82 Å². The number of nitrogens with two attached hydrogens (primary N) is 1. The van der Waals surface area contributed by atoms with Crippen LogP contribution < -0.4 is 16.0 Å². The molecule has 3 rings (SSSR count). The van der Waals surface area contributed by atoms with Crippen LogP contribution in [0.15, 0.2) is 18.3 Å². The number of aromatic nitrogens is 1. The van der Waals surface area contributed by atoms with E-state index < -0.39 is 0 Å². The van der Waals surface area contributed by atoms with Gasteiger partial charge in [-0.15, -0.1) is 0 Å². The van der Waals surface area contributed by atoms with Gasteiger partial charge in [0.05, 0.1) is 11.9 Å². The normalized spacial score (nSPS) is 20.5. The summed E-state index contributed by atoms with van der Waals surface area (Å²) in [7, 11) is 0. The molecule has 1 aliphatic carbocycles. The number of anilines is 2. The maximum atomic E-state index is 12.4. The molecule has 5 heteroatoms. The Hall–Kier alpha value is -1.62. The Morgan fingerprint density at radius 2 is 1.91 bits per heavy atom. The Morgan fingerprint density at radius 3 is 2.52 bits per heavy atom. The summed E-state index contributed by atoms with van der Waals surface area (Å²) in [6.07, 6.45) is 10.6. The van der Waals surface area contributed by atoms with Crippen LogP contribution in [0.2, 0.25) is 0 Å². The summed E-state index contributed by atoms with van der Waals surface area (Å²) in [5, 5.41) is 2.99. The van der Waals surface area contributed by atoms with Gasteiger partial charge in [0, 0.05) is 19.5 Å². The zero-order valence-corrected chi connectivity index (χ0v) is 13.9. The van der Waals surface area contributed by atoms with Gasteiger partial charge in [-0.3, -0.25) is 4.79 Å². The first-order valence-corrected chi connectivity index (χ1v) is 8.92. The molecule has 0 bridgehead atoms. The molecule has 3 N–H and O–H groups in total. The maximum absolute atomic E-state index is 12.4. The van der Waals surface area contributed by atoms with Crippen LogP contribution in [0.25, 0.3) is 0 Å². The number of carbonyl (C=O) groups excluding carboxylic acids is 1. The zero-order valence-electron chi connectivity index (χ0n) is 13.9. The standard InChI is InChI=1S/C18H28N4O/c19-14-18(8-2-1-3-9-18)12-17(23)21-15-6-7-16(20-13-15)22-10-4-5-11-22/h6-7,13H,1-5,8-12,14,19H2,(H,21,23). The third-order valence-electron chi connectivity index (χ3n) is 5.34. The number of nitrogens with one attached hydrogen (secondary N) is 1. The summed E-state index contributed by atoms with van der Waals surface area (Å²) < 4.78 is 0. The van der Waals surface area contributed by atoms with Crippen LogP contribution >= 0.6 is 0 Å². The molecule has 2 aliphatic rings. The Labute approximate surface area is 138 Å². The summed E-state index contributed by atoms with van der Waals surface area (Å²) >= 11 is 0. The molecule has 0 spiro atoms. The number of hydrogen-bond donors (Lipinski definition) is 2. The molecule has 0 atom stereocenters. The van der Waals surface area contributed by atoms with Crippen LogP contribution in [0.3, 0.4) is 0 Å². The molecule has 23 heavy (non-hydrogen) atoms. The van der Waals surface area contributed by atoms with Crippen LogP contribution in [-0.4, -0.2) is 30.5 Å². The Morgan fingerprint density at radius 1 is 1.17 bits per heavy atom. The highest BCUT2D eigenvalue weighted by Gasteiger charge is 2.32. The number of rotatable bonds is 5. The van der Waals surface area contributed by atoms with E-state index in [1.165, 1.54) is 32.1 Å². The number of pyridine rings is 1. The van der Waals surface area contributed by atoms with Gasteiger partial charge in [-0.2, -0.15) is 0 Å². The van der Waals surface area contributed by atoms with E-state index in [9.17, 15) is 4.79 Å². The van der Waals surface area contributed by atoms with Gasteiger partial charge in [0.15, 0.2) is 0 Å². The number of amides is 1. The van der Waals surface area contributed by atoms with Crippen LogP contribution in [0.1, 0.15) is 51.4 Å². The lowest BCUT2D eigenvalue weighted by atomic mass is 9.71. The second kappa shape index (κ2) is 7.30. The van der Waals surface area contributed by atoms with Crippen molar-refractivity contribution >= 4 is 17.4 Å². The SMILES string of the molecule is NCC1(CC(=O)Nc2ccc(N3CCCC3)nc2)CCCCC1. The highest BCUT2D eigenvalue weighted by molar-refractivity contribution is 5.91. The molecule has 2 heterocycles. The Balaban J connectivity index is 1.56. The molecule has 0 radical (unpaired) electrons. The molecule has 2 fully saturated rings. The summed E-state index contributed by atoms with van der Waals surface area (Å²) in [5.74, 6) is 1.07. The molecule has 1 saturated carbocycles. The molecular weight excluding hydrogens is 288 g/mol. The van der Waals surface area contributed by atoms with Crippen molar-refractivity contribution in [1.82, 2.24) is 4.98 Å². The molecule has 0 aromatic carbocycles. The van der Waals surface area contributed by atoms with E-state index in [1.807, 2.05) is 12.1 Å². The highest BCUT2D eigenvalue weighted by Crippen LogP contribution is 2.38. The van der Waals surface area contributed by atoms with Gasteiger partial charge in [0.25, 0.3) is 0 Å². The summed E-state index contributed by atoms with van der Waals surface area (Å²) in [4.78, 5) is 19.2. The van der Waals surface area contributed by atoms with Crippen molar-refractivity contribution in [1.29, 1.82) is 0 Å². The van der Waals surface area contributed by atoms with Gasteiger partial charge in [-0.1, -0.05) is 19.3 Å². The quantitative estimate of drug-likeness (QED) is 0.876. The first-order chi connectivity index (χ1) is 11.2. The van der Waals surface area contributed by atoms with Crippen LogP contribution in [0.4, 0.5) is 11.5 Å². The molecule has 1 aromatic rings. The van der Waals surface area contributed by atoms with E-state index in [1.54, 1.807) is 6.20 Å². The Bertz CT molecular complexity index is 516. The minimum Gasteiger partial charge on any atom is -0.357 e. The van der Waals surface area contributed by atoms with E-state index in [0.717, 1.165) is 37.4 Å². The van der Waals surface area contributed by atoms with Gasteiger partial charge in [-0.25, -0.2) is 4.98 Å². The Kier molecular flexibility index (Phi) is 5.16. The predicted molar refractivity (Wildman–Crippen MR) is 93.5 cm³/mol. The van der Waals surface area contributed by atoms with Crippen molar-refractivity contribution in [3.63, 3.8) is 0 Å². The predicted octanol–water partition coefficient (Wildman–Crippen LogP) is 2.92. The first-order valence-electron chi connectivity index (χ1n) is 8.92. The molecular formula is C18H28N4O. The minimum atomic E-state index is 0.00521. The average molecular weight is 316 g/mol. The monoisotopic (exact) mass is 316 g/mol. The molecule has 5 nitrogen and oxygen atoms in total. The molecule has 1 saturated heterocycles. The third kappa shape index (κ3) is 4.02. The van der Waals surface area contributed by atoms with Crippen molar-refractivity contribution in [2.75, 3.05) is 29.9 Å². The van der Waals surface area contributed by atoms with E-state index >= 15 is 0 Å². The average Bonchev–Trinajstić information content (AvgIpc) is 3.11. The number of carbonyl (C=O) groups is 1. The largest absolute Gasteiger partial charge is 0.357 e. The summed E-state index contributed by atoms with van der Waals surface area (Å²) in [6, 6.07) is 3.95. The molecule has 0 unspecified atom stereocenters. The van der Waals surface area contributed by atoms with Gasteiger partial charge in [0.2, 0.25) is 5.91 Å². The lowest BCUT2D eigenvalue weighted by Gasteiger charge is -2.35. The van der Waals surface area contributed by atoms with Gasteiger partial charge >= 0.3 is 0 Å². The lowest BCUT2D eigenvalue weighted by Crippen LogP contribution is -2.36. The van der Waals surface area contributed by atoms with E-state index in [0.29, 0.717) is 13.0 Å². The fraction of sp³-hybridized carbons (Fsp3) is 0.667. The molecule has 1 amide bonds. The van der Waals surface area contributed by atoms with Crippen molar-refractivity contribution < 1.29 is 4.79 Å². The lowest BCUT2D eigenvalue weighted by molar-refractivity contribution is -0.118. The second-order valence-corrected chi connectivity index (χ2v) is 7.09. The van der Waals surface area contributed by atoms with Crippen LogP contribution in [-0.2, 0) is 4.79 Å². The maximum Gasteiger partial charge on any atom is 0.225 e. The van der Waals surface area contributed by atoms with E-state index in [4.69, 9.17) is 5.73 Å². The number of nitrogens with zero attached hydrogens (tertiary/aromatic N) is 2. The van der Waals surface area contributed by atoms with E-state index in [-0.39, 0.29) is 11.3 Å². The molecule has 126 valence electrons. The molecule has 1 aromatic heterocycles. The fourth-order valence-corrected chi connectivity index (χ4v) is 3.89. The van der Waals surface area contributed by atoms with Gasteiger partial charge in [-0.05, 0) is 49.8 Å². The van der Waals surface area contributed by atoms with Crippen LogP contribution in [0.5, 0.6) is 0 Å². The second-order valence-electron chi connectivity index (χ2n) is 7.09. The van der Waals surface area contributed by atoms with Crippen molar-refractivity contribution in [2.24, 2.45) is 11.1 Å². The van der Waals surface area contributed by atoms with Crippen molar-refractivity contribution in [3.05, 3.63) is 18.3 Å². The van der Waals surface area contributed by atoms with Gasteiger partial charge < -0.3 is 16.0 Å². The first kappa shape index (κ1) is 16.2. The summed E-state index contributed by atoms with van der Waals surface area (Å²) in [6.45, 7) is 2.77. The van der Waals surface area contributed by atoms with Crippen LogP contribution in [0, 0.1) is 5.41 Å². The third-order valence-corrected chi connectivity index (χ3v) is 5.34. The number of hydrogen-bond acceptors (Lipinski definition) is 4. The minimum absolute atomic E-state index is 0.00521. The fourth-order valence-electron chi connectivity index (χ4n) is 3.89. The zero-order chi connectivity index (χ0) is 16.1. The highest BCUT2D eigenvalue weighted by atomic mass is 16.1. The van der Waals surface area contributed by atoms with E-state index in [2.05, 4.69) is 15.2 Å². The van der Waals surface area contributed by atoms with Crippen molar-refractivity contribution in [2.45, 2.75) is 51.4 Å². The topological polar surface area (TPSA) is 71.2 Å². The summed E-state index contributed by atoms with van der Waals surface area (Å²) in [5.41, 5.74) is 6.76. The molecule has 1 aliphatic heterocycles. The van der Waals surface area contributed by atoms with Crippen molar-refractivity contribution in [3.8, 4) is 0 Å². The smallest absolute Gasteiger partial charge is 0.225 e.